The quantitative estimate of drug-likeness (QED) is 0.370. The highest BCUT2D eigenvalue weighted by atomic mass is 32.1. The van der Waals surface area contributed by atoms with Gasteiger partial charge in [-0.3, -0.25) is 9.48 Å². The molecule has 1 aliphatic rings. The van der Waals surface area contributed by atoms with Gasteiger partial charge < -0.3 is 9.80 Å². The number of alkyl halides is 3. The number of hydrogen-bond donors (Lipinski definition) is 0. The van der Waals surface area contributed by atoms with Crippen LogP contribution in [0.15, 0.2) is 48.7 Å². The van der Waals surface area contributed by atoms with Gasteiger partial charge in [0.2, 0.25) is 5.91 Å². The van der Waals surface area contributed by atoms with E-state index < -0.39 is 11.9 Å². The van der Waals surface area contributed by atoms with E-state index in [2.05, 4.69) is 11.2 Å². The molecule has 7 nitrogen and oxygen atoms in total. The molecule has 0 aliphatic carbocycles. The highest BCUT2D eigenvalue weighted by Gasteiger charge is 2.38. The van der Waals surface area contributed by atoms with Gasteiger partial charge in [-0.05, 0) is 36.9 Å². The maximum atomic E-state index is 13.8. The number of nitrogens with zero attached hydrogens (tertiary/aromatic N) is 6. The predicted octanol–water partition coefficient (Wildman–Crippen LogP) is 4.93. The molecule has 4 rings (SSSR count). The van der Waals surface area contributed by atoms with Gasteiger partial charge in [0.15, 0.2) is 5.69 Å². The fourth-order valence-corrected chi connectivity index (χ4v) is 5.76. The molecule has 202 valence electrons. The predicted molar refractivity (Wildman–Crippen MR) is 141 cm³/mol. The molecule has 0 saturated heterocycles. The first kappa shape index (κ1) is 28.1. The van der Waals surface area contributed by atoms with Crippen molar-refractivity contribution >= 4 is 17.2 Å². The van der Waals surface area contributed by atoms with Gasteiger partial charge >= 0.3 is 6.18 Å². The number of aromatic nitrogens is 2. The number of carbonyl (C=O) groups is 1. The standard InChI is InChI=1S/C28H27F3N6OS/c1-35(2)11-5-9-26(38)36-17-24(23-14-21(15-33)39-25(23)18-36)22-8-4-3-7-19(22)13-20-16-37(12-6-10-32)34-27(20)28(29,30)31/h3-5,7-9,14,16,24H,6,11-13,17-18H2,1-2H3/b9-5+. The highest BCUT2D eigenvalue weighted by molar-refractivity contribution is 7.12. The van der Waals surface area contributed by atoms with Gasteiger partial charge in [-0.2, -0.15) is 28.8 Å². The van der Waals surface area contributed by atoms with Crippen molar-refractivity contribution in [3.63, 3.8) is 0 Å². The van der Waals surface area contributed by atoms with Gasteiger partial charge in [0.1, 0.15) is 10.9 Å². The number of carbonyl (C=O) groups excluding carboxylic acids is 1. The van der Waals surface area contributed by atoms with Gasteiger partial charge in [-0.25, -0.2) is 0 Å². The van der Waals surface area contributed by atoms with E-state index in [0.717, 1.165) is 16.0 Å². The smallest absolute Gasteiger partial charge is 0.333 e. The Balaban J connectivity index is 1.72. The largest absolute Gasteiger partial charge is 0.435 e. The normalized spacial score (nSPS) is 15.4. The molecule has 11 heteroatoms. The van der Waals surface area contributed by atoms with E-state index in [-0.39, 0.29) is 36.8 Å². The molecule has 3 aromatic rings. The van der Waals surface area contributed by atoms with Crippen LogP contribution in [-0.2, 0) is 30.5 Å². The molecule has 2 aromatic heterocycles. The number of likely N-dealkylation sites (N-methyl/N-ethyl adjacent to an activating group) is 1. The molecule has 0 bridgehead atoms. The monoisotopic (exact) mass is 552 g/mol. The van der Waals surface area contributed by atoms with Crippen LogP contribution in [0, 0.1) is 22.7 Å². The Labute approximate surface area is 229 Å². The zero-order valence-corrected chi connectivity index (χ0v) is 22.4. The van der Waals surface area contributed by atoms with Crippen LogP contribution in [0.2, 0.25) is 0 Å². The van der Waals surface area contributed by atoms with Crippen molar-refractivity contribution in [2.45, 2.75) is 38.0 Å². The Kier molecular flexibility index (Phi) is 8.54. The Bertz CT molecular complexity index is 1460. The summed E-state index contributed by atoms with van der Waals surface area (Å²) in [5.41, 5.74) is 1.46. The van der Waals surface area contributed by atoms with E-state index >= 15 is 0 Å². The number of nitriles is 2. The average molecular weight is 553 g/mol. The van der Waals surface area contributed by atoms with Gasteiger partial charge in [0.05, 0.1) is 25.6 Å². The van der Waals surface area contributed by atoms with Crippen LogP contribution in [0.5, 0.6) is 0 Å². The van der Waals surface area contributed by atoms with Crippen LogP contribution in [0.25, 0.3) is 0 Å². The Morgan fingerprint density at radius 1 is 1.23 bits per heavy atom. The number of amides is 1. The SMILES string of the molecule is CN(C)C/C=C/C(=O)N1Cc2sc(C#N)cc2C(c2ccccc2Cc2cn(CCC#N)nc2C(F)(F)F)C1. The van der Waals surface area contributed by atoms with Gasteiger partial charge in [0.25, 0.3) is 0 Å². The number of fused-ring (bicyclic) bond motifs is 1. The first-order valence-corrected chi connectivity index (χ1v) is 13.1. The van der Waals surface area contributed by atoms with Crippen LogP contribution < -0.4 is 0 Å². The van der Waals surface area contributed by atoms with Crippen molar-refractivity contribution in [2.75, 3.05) is 27.2 Å². The van der Waals surface area contributed by atoms with Gasteiger partial charge in [0, 0.05) is 48.1 Å². The first-order valence-electron chi connectivity index (χ1n) is 12.3. The van der Waals surface area contributed by atoms with Crippen molar-refractivity contribution < 1.29 is 18.0 Å². The molecule has 0 N–H and O–H groups in total. The lowest BCUT2D eigenvalue weighted by molar-refractivity contribution is -0.142. The summed E-state index contributed by atoms with van der Waals surface area (Å²) in [4.78, 5) is 18.1. The third-order valence-corrected chi connectivity index (χ3v) is 7.52. The summed E-state index contributed by atoms with van der Waals surface area (Å²) in [6.45, 7) is 1.38. The van der Waals surface area contributed by atoms with Crippen molar-refractivity contribution in [1.29, 1.82) is 10.5 Å². The minimum atomic E-state index is -4.64. The summed E-state index contributed by atoms with van der Waals surface area (Å²) in [6.07, 6.45) is 0.0718. The number of benzene rings is 1. The molecule has 3 heterocycles. The maximum absolute atomic E-state index is 13.8. The molecule has 0 fully saturated rings. The number of halogens is 3. The molecule has 0 saturated carbocycles. The second-order valence-electron chi connectivity index (χ2n) is 9.58. The number of hydrogen-bond acceptors (Lipinski definition) is 6. The summed E-state index contributed by atoms with van der Waals surface area (Å²) in [7, 11) is 3.81. The molecule has 1 aromatic carbocycles. The van der Waals surface area contributed by atoms with E-state index in [0.29, 0.717) is 30.1 Å². The van der Waals surface area contributed by atoms with Crippen molar-refractivity contribution in [3.05, 3.63) is 86.4 Å². The Morgan fingerprint density at radius 3 is 2.69 bits per heavy atom. The van der Waals surface area contributed by atoms with Crippen LogP contribution in [0.4, 0.5) is 13.2 Å². The zero-order chi connectivity index (χ0) is 28.2. The lowest BCUT2D eigenvalue weighted by Gasteiger charge is -2.33. The minimum Gasteiger partial charge on any atom is -0.333 e. The second-order valence-corrected chi connectivity index (χ2v) is 10.7. The third-order valence-electron chi connectivity index (χ3n) is 6.48. The summed E-state index contributed by atoms with van der Waals surface area (Å²) in [6, 6.07) is 13.2. The lowest BCUT2D eigenvalue weighted by Crippen LogP contribution is -2.37. The summed E-state index contributed by atoms with van der Waals surface area (Å²) < 4.78 is 42.7. The summed E-state index contributed by atoms with van der Waals surface area (Å²) >= 11 is 1.33. The number of thiophene rings is 1. The fraction of sp³-hybridized carbons (Fsp3) is 0.357. The molecule has 39 heavy (non-hydrogen) atoms. The van der Waals surface area contributed by atoms with Crippen molar-refractivity contribution in [1.82, 2.24) is 19.6 Å². The van der Waals surface area contributed by atoms with Crippen LogP contribution in [-0.4, -0.2) is 52.7 Å². The van der Waals surface area contributed by atoms with Crippen LogP contribution in [0.1, 0.15) is 50.0 Å². The topological polar surface area (TPSA) is 89.0 Å². The number of aryl methyl sites for hydroxylation is 1. The molecular weight excluding hydrogens is 525 g/mol. The average Bonchev–Trinajstić information content (AvgIpc) is 3.50. The Morgan fingerprint density at radius 2 is 2.00 bits per heavy atom. The molecule has 1 amide bonds. The van der Waals surface area contributed by atoms with E-state index in [9.17, 15) is 23.2 Å². The molecule has 1 unspecified atom stereocenters. The van der Waals surface area contributed by atoms with E-state index in [4.69, 9.17) is 5.26 Å². The van der Waals surface area contributed by atoms with Crippen molar-refractivity contribution in [2.24, 2.45) is 0 Å². The minimum absolute atomic E-state index is 0.0185. The van der Waals surface area contributed by atoms with Gasteiger partial charge in [-0.15, -0.1) is 11.3 Å². The van der Waals surface area contributed by atoms with Gasteiger partial charge in [-0.1, -0.05) is 30.3 Å². The van der Waals surface area contributed by atoms with Crippen LogP contribution >= 0.6 is 11.3 Å². The summed E-state index contributed by atoms with van der Waals surface area (Å²) in [5.74, 6) is -0.465. The van der Waals surface area contributed by atoms with Crippen LogP contribution in [0.3, 0.4) is 0 Å². The summed E-state index contributed by atoms with van der Waals surface area (Å²) in [5, 5.41) is 22.1. The molecule has 1 aliphatic heterocycles. The first-order chi connectivity index (χ1) is 18.6. The maximum Gasteiger partial charge on any atom is 0.435 e. The Hall–Kier alpha value is -3.93. The van der Waals surface area contributed by atoms with E-state index in [1.54, 1.807) is 23.1 Å². The lowest BCUT2D eigenvalue weighted by atomic mass is 9.84. The molecule has 1 atom stereocenters. The van der Waals surface area contributed by atoms with Crippen molar-refractivity contribution in [3.8, 4) is 12.1 Å². The number of rotatable bonds is 8. The second kappa shape index (κ2) is 11.9. The van der Waals surface area contributed by atoms with E-state index in [1.165, 1.54) is 28.3 Å². The highest BCUT2D eigenvalue weighted by Crippen LogP contribution is 2.40. The molecule has 0 radical (unpaired) electrons. The molecule has 0 spiro atoms. The van der Waals surface area contributed by atoms with E-state index in [1.807, 2.05) is 43.3 Å². The fourth-order valence-electron chi connectivity index (χ4n) is 4.73. The third kappa shape index (κ3) is 6.56. The zero-order valence-electron chi connectivity index (χ0n) is 21.6. The molecular formula is C28H27F3N6OS.